The van der Waals surface area contributed by atoms with Crippen LogP contribution in [0.3, 0.4) is 0 Å². The molecule has 4 rings (SSSR count). The summed E-state index contributed by atoms with van der Waals surface area (Å²) in [5, 5.41) is 3.73. The van der Waals surface area contributed by atoms with Crippen molar-refractivity contribution >= 4 is 17.8 Å². The lowest BCUT2D eigenvalue weighted by molar-refractivity contribution is -0.136. The standard InChI is InChI=1S/C25H21NO4/c1-18-23(25(27)30-26-18)14-21-12-13-22(28-16-19-8-4-2-5-9-19)15-24(21)29-17-20-10-6-3-7-11-20/h2-15H,16-17H2,1H3/b23-14-. The largest absolute Gasteiger partial charge is 0.489 e. The fourth-order valence-corrected chi connectivity index (χ4v) is 3.00. The number of benzene rings is 3. The van der Waals surface area contributed by atoms with Gasteiger partial charge in [-0.2, -0.15) is 0 Å². The molecule has 0 N–H and O–H groups in total. The molecule has 0 spiro atoms. The molecule has 0 saturated carbocycles. The van der Waals surface area contributed by atoms with Gasteiger partial charge in [0, 0.05) is 11.6 Å². The van der Waals surface area contributed by atoms with Crippen LogP contribution in [0.5, 0.6) is 11.5 Å². The SMILES string of the molecule is CC1=NOC(=O)/C1=C\c1ccc(OCc2ccccc2)cc1OCc1ccccc1. The van der Waals surface area contributed by atoms with Crippen molar-refractivity contribution < 1.29 is 19.1 Å². The third kappa shape index (κ3) is 4.75. The molecule has 0 fully saturated rings. The molecule has 0 unspecified atom stereocenters. The molecule has 1 aliphatic rings. The first-order chi connectivity index (χ1) is 14.7. The second-order valence-corrected chi connectivity index (χ2v) is 6.86. The maximum Gasteiger partial charge on any atom is 0.367 e. The third-order valence-corrected chi connectivity index (χ3v) is 4.65. The van der Waals surface area contributed by atoms with Crippen molar-refractivity contribution in [3.8, 4) is 11.5 Å². The number of carbonyl (C=O) groups excluding carboxylic acids is 1. The van der Waals surface area contributed by atoms with E-state index in [1.54, 1.807) is 13.0 Å². The minimum Gasteiger partial charge on any atom is -0.489 e. The van der Waals surface area contributed by atoms with Crippen molar-refractivity contribution in [3.63, 3.8) is 0 Å². The molecular weight excluding hydrogens is 378 g/mol. The van der Waals surface area contributed by atoms with Gasteiger partial charge < -0.3 is 14.3 Å². The number of nitrogens with zero attached hydrogens (tertiary/aromatic N) is 1. The van der Waals surface area contributed by atoms with Gasteiger partial charge in [0.1, 0.15) is 24.7 Å². The lowest BCUT2D eigenvalue weighted by atomic mass is 10.1. The topological polar surface area (TPSA) is 57.1 Å². The first-order valence-electron chi connectivity index (χ1n) is 9.64. The van der Waals surface area contributed by atoms with E-state index in [-0.39, 0.29) is 0 Å². The predicted molar refractivity (Wildman–Crippen MR) is 115 cm³/mol. The zero-order chi connectivity index (χ0) is 20.8. The van der Waals surface area contributed by atoms with Crippen molar-refractivity contribution in [3.05, 3.63) is 101 Å². The quantitative estimate of drug-likeness (QED) is 0.407. The smallest absolute Gasteiger partial charge is 0.367 e. The summed E-state index contributed by atoms with van der Waals surface area (Å²) in [5.74, 6) is 0.832. The molecule has 150 valence electrons. The predicted octanol–water partition coefficient (Wildman–Crippen LogP) is 5.16. The van der Waals surface area contributed by atoms with Gasteiger partial charge in [-0.05, 0) is 36.3 Å². The molecule has 1 aliphatic heterocycles. The Labute approximate surface area is 175 Å². The Morgan fingerprint density at radius 2 is 1.50 bits per heavy atom. The van der Waals surface area contributed by atoms with E-state index in [2.05, 4.69) is 5.16 Å². The number of hydrogen-bond acceptors (Lipinski definition) is 5. The van der Waals surface area contributed by atoms with E-state index in [0.29, 0.717) is 36.0 Å². The van der Waals surface area contributed by atoms with Crippen LogP contribution in [0.25, 0.3) is 6.08 Å². The molecule has 30 heavy (non-hydrogen) atoms. The highest BCUT2D eigenvalue weighted by molar-refractivity contribution is 6.24. The Morgan fingerprint density at radius 1 is 0.867 bits per heavy atom. The van der Waals surface area contributed by atoms with Crippen molar-refractivity contribution in [2.24, 2.45) is 5.16 Å². The van der Waals surface area contributed by atoms with E-state index < -0.39 is 5.97 Å². The van der Waals surface area contributed by atoms with E-state index in [9.17, 15) is 4.79 Å². The van der Waals surface area contributed by atoms with Crippen LogP contribution >= 0.6 is 0 Å². The second-order valence-electron chi connectivity index (χ2n) is 6.86. The highest BCUT2D eigenvalue weighted by Crippen LogP contribution is 2.29. The fourth-order valence-electron chi connectivity index (χ4n) is 3.00. The first kappa shape index (κ1) is 19.5. The molecule has 1 heterocycles. The maximum atomic E-state index is 11.9. The van der Waals surface area contributed by atoms with Crippen molar-refractivity contribution in [2.45, 2.75) is 20.1 Å². The van der Waals surface area contributed by atoms with Gasteiger partial charge in [0.15, 0.2) is 0 Å². The number of rotatable bonds is 7. The van der Waals surface area contributed by atoms with Crippen LogP contribution in [0.15, 0.2) is 89.6 Å². The summed E-state index contributed by atoms with van der Waals surface area (Å²) in [7, 11) is 0. The minimum atomic E-state index is -0.467. The van der Waals surface area contributed by atoms with Gasteiger partial charge in [0.2, 0.25) is 0 Å². The molecule has 3 aromatic carbocycles. The zero-order valence-electron chi connectivity index (χ0n) is 16.6. The van der Waals surface area contributed by atoms with E-state index in [0.717, 1.165) is 16.7 Å². The van der Waals surface area contributed by atoms with Crippen LogP contribution in [0.1, 0.15) is 23.6 Å². The van der Waals surface area contributed by atoms with Gasteiger partial charge in [-0.1, -0.05) is 65.8 Å². The monoisotopic (exact) mass is 399 g/mol. The highest BCUT2D eigenvalue weighted by Gasteiger charge is 2.22. The molecule has 0 amide bonds. The van der Waals surface area contributed by atoms with Gasteiger partial charge in [-0.15, -0.1) is 0 Å². The van der Waals surface area contributed by atoms with Crippen LogP contribution in [-0.2, 0) is 22.8 Å². The lowest BCUT2D eigenvalue weighted by Gasteiger charge is -2.13. The second kappa shape index (κ2) is 9.09. The fraction of sp³-hybridized carbons (Fsp3) is 0.120. The average Bonchev–Trinajstić information content (AvgIpc) is 3.11. The lowest BCUT2D eigenvalue weighted by Crippen LogP contribution is -2.03. The van der Waals surface area contributed by atoms with E-state index >= 15 is 0 Å². The van der Waals surface area contributed by atoms with E-state index in [1.807, 2.05) is 78.9 Å². The minimum absolute atomic E-state index is 0.399. The summed E-state index contributed by atoms with van der Waals surface area (Å²) >= 11 is 0. The maximum absolute atomic E-state index is 11.9. The normalized spacial score (nSPS) is 14.4. The summed E-state index contributed by atoms with van der Waals surface area (Å²) in [6.07, 6.45) is 1.73. The first-order valence-corrected chi connectivity index (χ1v) is 9.64. The Balaban J connectivity index is 1.58. The van der Waals surface area contributed by atoms with Crippen LogP contribution < -0.4 is 9.47 Å². The number of oxime groups is 1. The molecule has 0 radical (unpaired) electrons. The molecule has 0 aromatic heterocycles. The highest BCUT2D eigenvalue weighted by atomic mass is 16.7. The molecule has 5 heteroatoms. The summed E-state index contributed by atoms with van der Waals surface area (Å²) < 4.78 is 12.0. The van der Waals surface area contributed by atoms with Gasteiger partial charge in [-0.3, -0.25) is 0 Å². The van der Waals surface area contributed by atoms with Crippen molar-refractivity contribution in [1.82, 2.24) is 0 Å². The molecule has 0 aliphatic carbocycles. The van der Waals surface area contributed by atoms with Crippen LogP contribution in [-0.4, -0.2) is 11.7 Å². The van der Waals surface area contributed by atoms with Crippen molar-refractivity contribution in [2.75, 3.05) is 0 Å². The van der Waals surface area contributed by atoms with Crippen molar-refractivity contribution in [1.29, 1.82) is 0 Å². The molecule has 0 atom stereocenters. The van der Waals surface area contributed by atoms with Crippen LogP contribution in [0.4, 0.5) is 0 Å². The number of hydrogen-bond donors (Lipinski definition) is 0. The Morgan fingerprint density at radius 3 is 2.10 bits per heavy atom. The summed E-state index contributed by atoms with van der Waals surface area (Å²) in [5.41, 5.74) is 3.83. The molecular formula is C25H21NO4. The van der Waals surface area contributed by atoms with Crippen LogP contribution in [0, 0.1) is 0 Å². The Bertz CT molecular complexity index is 1090. The van der Waals surface area contributed by atoms with Gasteiger partial charge >= 0.3 is 5.97 Å². The molecule has 5 nitrogen and oxygen atoms in total. The van der Waals surface area contributed by atoms with E-state index in [1.165, 1.54) is 0 Å². The Kier molecular flexibility index (Phi) is 5.90. The summed E-state index contributed by atoms with van der Waals surface area (Å²) in [6, 6.07) is 25.4. The van der Waals surface area contributed by atoms with Gasteiger partial charge in [0.25, 0.3) is 0 Å². The average molecular weight is 399 g/mol. The molecule has 0 saturated heterocycles. The number of carbonyl (C=O) groups is 1. The number of ether oxygens (including phenoxy) is 2. The molecule has 0 bridgehead atoms. The van der Waals surface area contributed by atoms with Crippen LogP contribution in [0.2, 0.25) is 0 Å². The van der Waals surface area contributed by atoms with E-state index in [4.69, 9.17) is 14.3 Å². The van der Waals surface area contributed by atoms with Gasteiger partial charge in [-0.25, -0.2) is 4.79 Å². The zero-order valence-corrected chi connectivity index (χ0v) is 16.6. The Hall–Kier alpha value is -3.86. The summed E-state index contributed by atoms with van der Waals surface area (Å²) in [4.78, 5) is 16.7. The third-order valence-electron chi connectivity index (χ3n) is 4.65. The summed E-state index contributed by atoms with van der Waals surface area (Å²) in [6.45, 7) is 2.59. The van der Waals surface area contributed by atoms with Gasteiger partial charge in [0.05, 0.1) is 11.3 Å². The molecule has 3 aromatic rings.